The first-order chi connectivity index (χ1) is 19.1. The molecule has 0 spiro atoms. The van der Waals surface area contributed by atoms with Gasteiger partial charge in [0.25, 0.3) is 0 Å². The van der Waals surface area contributed by atoms with Crippen LogP contribution in [0.3, 0.4) is 0 Å². The highest BCUT2D eigenvalue weighted by Gasteiger charge is 2.47. The topological polar surface area (TPSA) is 179 Å². The van der Waals surface area contributed by atoms with Crippen molar-refractivity contribution in [3.8, 4) is 0 Å². The molecule has 1 fully saturated rings. The van der Waals surface area contributed by atoms with Crippen LogP contribution in [0.4, 0.5) is 0 Å². The number of hydrazine groups is 1. The summed E-state index contributed by atoms with van der Waals surface area (Å²) in [6.45, 7) is 10.0. The molecule has 1 aliphatic carbocycles. The van der Waals surface area contributed by atoms with E-state index in [1.165, 1.54) is 12.1 Å². The highest BCUT2D eigenvalue weighted by molar-refractivity contribution is 5.88. The molecule has 10 nitrogen and oxygen atoms in total. The van der Waals surface area contributed by atoms with Gasteiger partial charge in [0.05, 0.1) is 19.3 Å². The van der Waals surface area contributed by atoms with E-state index < -0.39 is 28.6 Å². The molecule has 1 aromatic carbocycles. The van der Waals surface area contributed by atoms with Gasteiger partial charge >= 0.3 is 0 Å². The van der Waals surface area contributed by atoms with Crippen LogP contribution in [-0.4, -0.2) is 48.5 Å². The zero-order chi connectivity index (χ0) is 31.1. The lowest BCUT2D eigenvalue weighted by atomic mass is 9.60. The van der Waals surface area contributed by atoms with Gasteiger partial charge in [-0.2, -0.15) is 0 Å². The predicted octanol–water partition coefficient (Wildman–Crippen LogP) is 2.09. The van der Waals surface area contributed by atoms with Crippen LogP contribution in [0, 0.1) is 30.6 Å². The second kappa shape index (κ2) is 14.1. The van der Waals surface area contributed by atoms with Gasteiger partial charge in [-0.05, 0) is 98.2 Å². The van der Waals surface area contributed by atoms with Gasteiger partial charge < -0.3 is 22.0 Å². The van der Waals surface area contributed by atoms with Crippen LogP contribution >= 0.6 is 0 Å². The number of nitrogens with zero attached hydrogens (tertiary/aromatic N) is 1. The van der Waals surface area contributed by atoms with E-state index in [-0.39, 0.29) is 31.1 Å². The lowest BCUT2D eigenvalue weighted by Gasteiger charge is -2.45. The van der Waals surface area contributed by atoms with Crippen LogP contribution in [0.25, 0.3) is 0 Å². The molecule has 1 saturated carbocycles. The molecule has 0 heterocycles. The number of carbonyl (C=O) groups is 5. The average molecular weight is 572 g/mol. The summed E-state index contributed by atoms with van der Waals surface area (Å²) in [5, 5.41) is 1.23. The highest BCUT2D eigenvalue weighted by atomic mass is 16.2. The number of amides is 4. The van der Waals surface area contributed by atoms with Gasteiger partial charge in [0.2, 0.25) is 23.6 Å². The van der Waals surface area contributed by atoms with Crippen molar-refractivity contribution in [2.45, 2.75) is 98.8 Å². The molecular formula is C31H49N5O5. The molecule has 3 atom stereocenters. The molecule has 228 valence electrons. The van der Waals surface area contributed by atoms with Crippen LogP contribution in [0.2, 0.25) is 0 Å². The molecule has 0 aromatic heterocycles. The van der Waals surface area contributed by atoms with Gasteiger partial charge in [0, 0.05) is 17.9 Å². The van der Waals surface area contributed by atoms with E-state index in [1.807, 2.05) is 34.6 Å². The third kappa shape index (κ3) is 8.61. The molecule has 2 rings (SSSR count). The van der Waals surface area contributed by atoms with Crippen LogP contribution in [0.1, 0.15) is 92.7 Å². The zero-order valence-electron chi connectivity index (χ0n) is 25.7. The van der Waals surface area contributed by atoms with Crippen molar-refractivity contribution in [1.82, 2.24) is 10.4 Å². The van der Waals surface area contributed by atoms with E-state index >= 15 is 0 Å². The summed E-state index contributed by atoms with van der Waals surface area (Å²) in [7, 11) is 1.52. The summed E-state index contributed by atoms with van der Waals surface area (Å²) in [4.78, 5) is 62.8. The number of carbonyl (C=O) groups excluding carboxylic acids is 5. The summed E-state index contributed by atoms with van der Waals surface area (Å²) in [6.07, 6.45) is 5.71. The molecule has 4 amide bonds. The standard InChI is InChI=1S/C31H49N5O5/c1-19-15-30(4,18-37)17-31(5,16-19)29(41)36(6)35-28(40)14-25-21(3)23(12-26(33)38)20(2)24(13-27(34)39)22(25)10-8-7-9-11-32/h18-19H,7-17,32H2,1-6H3,(H2,33,38)(H2,34,39)(H,35,40)/t19?,30-,31+/m0/s1. The minimum absolute atomic E-state index is 0.0247. The third-order valence-electron chi connectivity index (χ3n) is 8.52. The average Bonchev–Trinajstić information content (AvgIpc) is 2.86. The van der Waals surface area contributed by atoms with Crippen LogP contribution < -0.4 is 22.6 Å². The van der Waals surface area contributed by atoms with Crippen LogP contribution in [0.5, 0.6) is 0 Å². The maximum absolute atomic E-state index is 13.6. The predicted molar refractivity (Wildman–Crippen MR) is 158 cm³/mol. The number of rotatable bonds is 13. The van der Waals surface area contributed by atoms with Gasteiger partial charge in [-0.25, -0.2) is 0 Å². The molecule has 0 aliphatic heterocycles. The quantitative estimate of drug-likeness (QED) is 0.160. The number of unbranched alkanes of at least 4 members (excludes halogenated alkanes) is 2. The van der Waals surface area contributed by atoms with Crippen LogP contribution in [0.15, 0.2) is 0 Å². The second-order valence-electron chi connectivity index (χ2n) is 12.6. The Hall–Kier alpha value is -3.27. The minimum atomic E-state index is -0.799. The fourth-order valence-electron chi connectivity index (χ4n) is 7.07. The Morgan fingerprint density at radius 3 is 2.00 bits per heavy atom. The van der Waals surface area contributed by atoms with E-state index in [2.05, 4.69) is 5.43 Å². The number of nitrogens with two attached hydrogens (primary N) is 3. The molecular weight excluding hydrogens is 522 g/mol. The number of hydrogen-bond acceptors (Lipinski definition) is 6. The fourth-order valence-corrected chi connectivity index (χ4v) is 7.07. The first-order valence-electron chi connectivity index (χ1n) is 14.5. The molecule has 10 heteroatoms. The van der Waals surface area contributed by atoms with Crippen molar-refractivity contribution in [3.05, 3.63) is 33.4 Å². The molecule has 7 N–H and O–H groups in total. The molecule has 0 bridgehead atoms. The molecule has 1 unspecified atom stereocenters. The van der Waals surface area contributed by atoms with Gasteiger partial charge in [0.15, 0.2) is 0 Å². The Balaban J connectivity index is 2.43. The molecule has 0 saturated heterocycles. The second-order valence-corrected chi connectivity index (χ2v) is 12.6. The minimum Gasteiger partial charge on any atom is -0.369 e. The van der Waals surface area contributed by atoms with E-state index in [4.69, 9.17) is 17.2 Å². The van der Waals surface area contributed by atoms with Gasteiger partial charge in [0.1, 0.15) is 6.29 Å². The summed E-state index contributed by atoms with van der Waals surface area (Å²) in [5.74, 6) is -1.51. The van der Waals surface area contributed by atoms with Gasteiger partial charge in [-0.15, -0.1) is 0 Å². The van der Waals surface area contributed by atoms with E-state index in [0.29, 0.717) is 36.9 Å². The summed E-state index contributed by atoms with van der Waals surface area (Å²) in [5.41, 5.74) is 22.7. The van der Waals surface area contributed by atoms with Crippen molar-refractivity contribution in [2.75, 3.05) is 13.6 Å². The summed E-state index contributed by atoms with van der Waals surface area (Å²) in [6, 6.07) is 0. The number of benzene rings is 1. The monoisotopic (exact) mass is 571 g/mol. The first kappa shape index (κ1) is 33.9. The Morgan fingerprint density at radius 1 is 0.902 bits per heavy atom. The SMILES string of the molecule is Cc1c(CC(N)=O)c(C)c(CC(=O)NN(C)C(=O)[C@]2(C)CC(C)C[C@](C)(C=O)C2)c(CCCCCN)c1CC(N)=O. The largest absolute Gasteiger partial charge is 0.369 e. The Morgan fingerprint density at radius 2 is 1.46 bits per heavy atom. The number of hydrogen-bond donors (Lipinski definition) is 4. The Bertz CT molecular complexity index is 1180. The molecule has 1 aliphatic rings. The van der Waals surface area contributed by atoms with E-state index in [9.17, 15) is 24.0 Å². The zero-order valence-corrected chi connectivity index (χ0v) is 25.7. The molecule has 1 aromatic rings. The van der Waals surface area contributed by atoms with Gasteiger partial charge in [-0.1, -0.05) is 27.2 Å². The number of aldehydes is 1. The van der Waals surface area contributed by atoms with Gasteiger partial charge in [-0.3, -0.25) is 29.6 Å². The molecule has 0 radical (unpaired) electrons. The van der Waals surface area contributed by atoms with E-state index in [0.717, 1.165) is 54.2 Å². The number of nitrogens with one attached hydrogen (secondary N) is 1. The normalized spacial score (nSPS) is 22.2. The first-order valence-corrected chi connectivity index (χ1v) is 14.5. The van der Waals surface area contributed by atoms with E-state index in [1.54, 1.807) is 0 Å². The van der Waals surface area contributed by atoms with Crippen molar-refractivity contribution in [2.24, 2.45) is 33.9 Å². The lowest BCUT2D eigenvalue weighted by Crippen LogP contribution is -2.53. The fraction of sp³-hybridized carbons (Fsp3) is 0.645. The van der Waals surface area contributed by atoms with Crippen molar-refractivity contribution in [3.63, 3.8) is 0 Å². The lowest BCUT2D eigenvalue weighted by molar-refractivity contribution is -0.153. The van der Waals surface area contributed by atoms with Crippen molar-refractivity contribution in [1.29, 1.82) is 0 Å². The molecule has 41 heavy (non-hydrogen) atoms. The maximum atomic E-state index is 13.6. The maximum Gasteiger partial charge on any atom is 0.246 e. The Labute approximate surface area is 244 Å². The Kier molecular flexibility index (Phi) is 11.6. The number of primary amides is 2. The third-order valence-corrected chi connectivity index (χ3v) is 8.52. The van der Waals surface area contributed by atoms with Crippen molar-refractivity contribution < 1.29 is 24.0 Å². The van der Waals surface area contributed by atoms with Crippen LogP contribution in [-0.2, 0) is 49.7 Å². The van der Waals surface area contributed by atoms with Crippen molar-refractivity contribution >= 4 is 29.9 Å². The highest BCUT2D eigenvalue weighted by Crippen LogP contribution is 2.48. The summed E-state index contributed by atoms with van der Waals surface area (Å²) < 4.78 is 0. The smallest absolute Gasteiger partial charge is 0.246 e. The summed E-state index contributed by atoms with van der Waals surface area (Å²) >= 11 is 0.